The standard InChI is InChI=1S/C12H8Cl2FNO/c13-8-1-2-10(14)9(5-8)11-7(6-17)3-4-16-12(11)15/h1-5,17H,6H2. The molecule has 0 aliphatic rings. The van der Waals surface area contributed by atoms with Crippen molar-refractivity contribution in [1.82, 2.24) is 4.98 Å². The van der Waals surface area contributed by atoms with Crippen LogP contribution < -0.4 is 0 Å². The third-order valence-electron chi connectivity index (χ3n) is 2.36. The maximum Gasteiger partial charge on any atom is 0.221 e. The van der Waals surface area contributed by atoms with E-state index < -0.39 is 5.95 Å². The quantitative estimate of drug-likeness (QED) is 0.846. The molecule has 0 aliphatic carbocycles. The van der Waals surface area contributed by atoms with Crippen molar-refractivity contribution in [1.29, 1.82) is 0 Å². The number of aliphatic hydroxyl groups excluding tert-OH is 1. The Kier molecular flexibility index (Phi) is 3.62. The molecule has 0 amide bonds. The predicted octanol–water partition coefficient (Wildman–Crippen LogP) is 3.69. The van der Waals surface area contributed by atoms with Crippen molar-refractivity contribution in [2.75, 3.05) is 0 Å². The van der Waals surface area contributed by atoms with Crippen LogP contribution in [0.5, 0.6) is 0 Å². The molecule has 0 unspecified atom stereocenters. The lowest BCUT2D eigenvalue weighted by Gasteiger charge is -2.10. The highest BCUT2D eigenvalue weighted by atomic mass is 35.5. The zero-order valence-electron chi connectivity index (χ0n) is 8.62. The fraction of sp³-hybridized carbons (Fsp3) is 0.0833. The summed E-state index contributed by atoms with van der Waals surface area (Å²) in [6.07, 6.45) is 1.29. The van der Waals surface area contributed by atoms with Gasteiger partial charge in [-0.15, -0.1) is 0 Å². The molecular formula is C12H8Cl2FNO. The first-order chi connectivity index (χ1) is 8.13. The minimum absolute atomic E-state index is 0.183. The number of nitrogens with zero attached hydrogens (tertiary/aromatic N) is 1. The van der Waals surface area contributed by atoms with E-state index >= 15 is 0 Å². The van der Waals surface area contributed by atoms with Crippen LogP contribution in [0.15, 0.2) is 30.5 Å². The van der Waals surface area contributed by atoms with Gasteiger partial charge in [0.1, 0.15) is 0 Å². The van der Waals surface area contributed by atoms with Crippen LogP contribution in [0.25, 0.3) is 11.1 Å². The van der Waals surface area contributed by atoms with Gasteiger partial charge in [-0.2, -0.15) is 4.39 Å². The number of aliphatic hydroxyl groups is 1. The number of halogens is 3. The van der Waals surface area contributed by atoms with Gasteiger partial charge < -0.3 is 5.11 Å². The first-order valence-corrected chi connectivity index (χ1v) is 5.58. The summed E-state index contributed by atoms with van der Waals surface area (Å²) >= 11 is 11.8. The van der Waals surface area contributed by atoms with Crippen LogP contribution in [0.4, 0.5) is 4.39 Å². The summed E-state index contributed by atoms with van der Waals surface area (Å²) in [5.74, 6) is -0.680. The van der Waals surface area contributed by atoms with E-state index in [0.29, 0.717) is 21.2 Å². The number of benzene rings is 1. The number of rotatable bonds is 2. The van der Waals surface area contributed by atoms with Crippen LogP contribution in [0.2, 0.25) is 10.0 Å². The summed E-state index contributed by atoms with van der Waals surface area (Å²) in [5, 5.41) is 9.99. The lowest BCUT2D eigenvalue weighted by molar-refractivity contribution is 0.281. The third kappa shape index (κ3) is 2.41. The summed E-state index contributed by atoms with van der Waals surface area (Å²) in [5.41, 5.74) is 1.03. The molecule has 2 nitrogen and oxygen atoms in total. The summed E-state index contributed by atoms with van der Waals surface area (Å²) in [7, 11) is 0. The Morgan fingerprint density at radius 2 is 2.00 bits per heavy atom. The van der Waals surface area contributed by atoms with Gasteiger partial charge in [0.2, 0.25) is 5.95 Å². The Morgan fingerprint density at radius 3 is 2.71 bits per heavy atom. The minimum atomic E-state index is -0.680. The lowest BCUT2D eigenvalue weighted by atomic mass is 10.0. The highest BCUT2D eigenvalue weighted by Gasteiger charge is 2.14. The fourth-order valence-electron chi connectivity index (χ4n) is 1.58. The molecule has 17 heavy (non-hydrogen) atoms. The monoisotopic (exact) mass is 271 g/mol. The van der Waals surface area contributed by atoms with Gasteiger partial charge >= 0.3 is 0 Å². The van der Waals surface area contributed by atoms with E-state index in [0.717, 1.165) is 0 Å². The van der Waals surface area contributed by atoms with Gasteiger partial charge in [-0.3, -0.25) is 0 Å². The van der Waals surface area contributed by atoms with Crippen LogP contribution >= 0.6 is 23.2 Å². The Morgan fingerprint density at radius 1 is 1.24 bits per heavy atom. The number of pyridine rings is 1. The van der Waals surface area contributed by atoms with E-state index in [4.69, 9.17) is 23.2 Å². The summed E-state index contributed by atoms with van der Waals surface area (Å²) in [6, 6.07) is 6.27. The molecule has 1 aromatic carbocycles. The molecule has 2 aromatic rings. The van der Waals surface area contributed by atoms with E-state index in [9.17, 15) is 9.50 Å². The topological polar surface area (TPSA) is 33.1 Å². The van der Waals surface area contributed by atoms with Gasteiger partial charge in [0.15, 0.2) is 0 Å². The predicted molar refractivity (Wildman–Crippen MR) is 65.6 cm³/mol. The molecule has 0 atom stereocenters. The van der Waals surface area contributed by atoms with Gasteiger partial charge in [0.05, 0.1) is 6.61 Å². The molecule has 0 saturated carbocycles. The SMILES string of the molecule is OCc1ccnc(F)c1-c1cc(Cl)ccc1Cl. The van der Waals surface area contributed by atoms with Crippen LogP contribution in [-0.4, -0.2) is 10.1 Å². The number of hydrogen-bond donors (Lipinski definition) is 1. The smallest absolute Gasteiger partial charge is 0.221 e. The maximum absolute atomic E-state index is 13.7. The second-order valence-electron chi connectivity index (χ2n) is 3.42. The van der Waals surface area contributed by atoms with Crippen molar-refractivity contribution in [2.24, 2.45) is 0 Å². The van der Waals surface area contributed by atoms with Crippen LogP contribution in [0.1, 0.15) is 5.56 Å². The molecule has 0 spiro atoms. The van der Waals surface area contributed by atoms with Gasteiger partial charge in [-0.1, -0.05) is 23.2 Å². The highest BCUT2D eigenvalue weighted by molar-refractivity contribution is 6.35. The van der Waals surface area contributed by atoms with Gasteiger partial charge in [0, 0.05) is 27.4 Å². The molecule has 1 heterocycles. The average molecular weight is 272 g/mol. The van der Waals surface area contributed by atoms with Crippen LogP contribution in [0.3, 0.4) is 0 Å². The molecule has 0 aliphatic heterocycles. The van der Waals surface area contributed by atoms with E-state index in [1.807, 2.05) is 0 Å². The van der Waals surface area contributed by atoms with Crippen molar-refractivity contribution < 1.29 is 9.50 Å². The minimum Gasteiger partial charge on any atom is -0.392 e. The molecule has 88 valence electrons. The van der Waals surface area contributed by atoms with Gasteiger partial charge in [-0.25, -0.2) is 4.98 Å². The summed E-state index contributed by atoms with van der Waals surface area (Å²) < 4.78 is 13.7. The molecule has 2 rings (SSSR count). The van der Waals surface area contributed by atoms with Crippen molar-refractivity contribution in [3.05, 3.63) is 52.0 Å². The Labute approximate surface area is 108 Å². The average Bonchev–Trinajstić information content (AvgIpc) is 2.32. The third-order valence-corrected chi connectivity index (χ3v) is 2.92. The first kappa shape index (κ1) is 12.3. The number of aromatic nitrogens is 1. The van der Waals surface area contributed by atoms with E-state index in [1.165, 1.54) is 12.3 Å². The molecular weight excluding hydrogens is 264 g/mol. The molecule has 0 bridgehead atoms. The second kappa shape index (κ2) is 5.00. The van der Waals surface area contributed by atoms with Gasteiger partial charge in [0.25, 0.3) is 0 Å². The zero-order valence-corrected chi connectivity index (χ0v) is 10.1. The van der Waals surface area contributed by atoms with E-state index in [-0.39, 0.29) is 12.2 Å². The first-order valence-electron chi connectivity index (χ1n) is 4.83. The van der Waals surface area contributed by atoms with Crippen LogP contribution in [0, 0.1) is 5.95 Å². The number of hydrogen-bond acceptors (Lipinski definition) is 2. The normalized spacial score (nSPS) is 10.6. The highest BCUT2D eigenvalue weighted by Crippen LogP contribution is 2.33. The maximum atomic E-state index is 13.7. The van der Waals surface area contributed by atoms with Crippen molar-refractivity contribution in [2.45, 2.75) is 6.61 Å². The van der Waals surface area contributed by atoms with Crippen LogP contribution in [-0.2, 0) is 6.61 Å². The van der Waals surface area contributed by atoms with Crippen molar-refractivity contribution in [3.63, 3.8) is 0 Å². The fourth-order valence-corrected chi connectivity index (χ4v) is 1.96. The summed E-state index contributed by atoms with van der Waals surface area (Å²) in [6.45, 7) is -0.294. The van der Waals surface area contributed by atoms with Crippen molar-refractivity contribution >= 4 is 23.2 Å². The molecule has 1 N–H and O–H groups in total. The van der Waals surface area contributed by atoms with Gasteiger partial charge in [-0.05, 0) is 29.8 Å². The lowest BCUT2D eigenvalue weighted by Crippen LogP contribution is -1.96. The molecule has 0 fully saturated rings. The Hall–Kier alpha value is -1.16. The Balaban J connectivity index is 2.71. The molecule has 0 radical (unpaired) electrons. The molecule has 1 aromatic heterocycles. The van der Waals surface area contributed by atoms with E-state index in [2.05, 4.69) is 4.98 Å². The second-order valence-corrected chi connectivity index (χ2v) is 4.26. The summed E-state index contributed by atoms with van der Waals surface area (Å²) in [4.78, 5) is 3.56. The van der Waals surface area contributed by atoms with E-state index in [1.54, 1.807) is 18.2 Å². The zero-order chi connectivity index (χ0) is 12.4. The molecule has 5 heteroatoms. The molecule has 0 saturated heterocycles. The van der Waals surface area contributed by atoms with Crippen molar-refractivity contribution in [3.8, 4) is 11.1 Å². The largest absolute Gasteiger partial charge is 0.392 e. The Bertz CT molecular complexity index is 560.